The number of carbonyl (C=O) groups excluding carboxylic acids is 1. The van der Waals surface area contributed by atoms with Gasteiger partial charge in [-0.05, 0) is 36.8 Å². The number of para-hydroxylation sites is 1. The van der Waals surface area contributed by atoms with Crippen LogP contribution in [0.15, 0.2) is 53.4 Å². The van der Waals surface area contributed by atoms with E-state index in [1.54, 1.807) is 30.3 Å². The minimum absolute atomic E-state index is 0.0416. The summed E-state index contributed by atoms with van der Waals surface area (Å²) >= 11 is 0.895. The van der Waals surface area contributed by atoms with Crippen LogP contribution in [0, 0.1) is 11.6 Å². The Kier molecular flexibility index (Phi) is 5.62. The van der Waals surface area contributed by atoms with Gasteiger partial charge >= 0.3 is 0 Å². The Hall–Kier alpha value is -1.93. The standard InChI is InChI=1S/C18H17F2NO3S2/c19-13-6-7-16(20)17(10-13)25-11-18(22)21(14-4-2-1-3-5-14)15-8-9-26(23,24)12-15/h1-7,10,15H,8-9,11-12H2/t15-/m1/s1. The molecule has 1 saturated heterocycles. The number of hydrogen-bond acceptors (Lipinski definition) is 4. The fourth-order valence-electron chi connectivity index (χ4n) is 2.92. The average molecular weight is 397 g/mol. The molecule has 4 nitrogen and oxygen atoms in total. The monoisotopic (exact) mass is 397 g/mol. The lowest BCUT2D eigenvalue weighted by Gasteiger charge is -2.28. The highest BCUT2D eigenvalue weighted by Gasteiger charge is 2.35. The van der Waals surface area contributed by atoms with E-state index in [9.17, 15) is 22.0 Å². The highest BCUT2D eigenvalue weighted by molar-refractivity contribution is 8.00. The van der Waals surface area contributed by atoms with Crippen LogP contribution < -0.4 is 4.90 Å². The van der Waals surface area contributed by atoms with Crippen LogP contribution >= 0.6 is 11.8 Å². The molecule has 0 saturated carbocycles. The van der Waals surface area contributed by atoms with E-state index in [4.69, 9.17) is 0 Å². The number of benzene rings is 2. The van der Waals surface area contributed by atoms with Crippen molar-refractivity contribution in [1.82, 2.24) is 0 Å². The minimum Gasteiger partial charge on any atom is -0.308 e. The molecular formula is C18H17F2NO3S2. The van der Waals surface area contributed by atoms with Gasteiger partial charge in [0, 0.05) is 10.6 Å². The third-order valence-corrected chi connectivity index (χ3v) is 6.89. The molecular weight excluding hydrogens is 380 g/mol. The van der Waals surface area contributed by atoms with Crippen molar-refractivity contribution >= 4 is 33.2 Å². The number of anilines is 1. The maximum Gasteiger partial charge on any atom is 0.237 e. The first-order chi connectivity index (χ1) is 12.4. The molecule has 2 aromatic rings. The molecule has 1 amide bonds. The Bertz CT molecular complexity index is 904. The fraction of sp³-hybridized carbons (Fsp3) is 0.278. The van der Waals surface area contributed by atoms with Gasteiger partial charge in [-0.3, -0.25) is 4.79 Å². The number of carbonyl (C=O) groups is 1. The van der Waals surface area contributed by atoms with Crippen molar-refractivity contribution in [3.8, 4) is 0 Å². The highest BCUT2D eigenvalue weighted by atomic mass is 32.2. The second-order valence-corrected chi connectivity index (χ2v) is 9.27. The molecule has 0 aromatic heterocycles. The zero-order valence-electron chi connectivity index (χ0n) is 13.8. The smallest absolute Gasteiger partial charge is 0.237 e. The summed E-state index contributed by atoms with van der Waals surface area (Å²) in [6, 6.07) is 11.4. The Balaban J connectivity index is 1.80. The first-order valence-corrected chi connectivity index (χ1v) is 10.8. The van der Waals surface area contributed by atoms with Gasteiger partial charge in [-0.1, -0.05) is 18.2 Å². The maximum atomic E-state index is 13.8. The van der Waals surface area contributed by atoms with E-state index in [-0.39, 0.29) is 28.1 Å². The van der Waals surface area contributed by atoms with Gasteiger partial charge in [0.1, 0.15) is 11.6 Å². The van der Waals surface area contributed by atoms with Crippen LogP contribution in [-0.4, -0.2) is 37.6 Å². The summed E-state index contributed by atoms with van der Waals surface area (Å²) in [5.41, 5.74) is 0.597. The Labute approximate surface area is 155 Å². The second-order valence-electron chi connectivity index (χ2n) is 6.02. The molecule has 2 aromatic carbocycles. The molecule has 1 aliphatic rings. The molecule has 138 valence electrons. The number of thioether (sulfide) groups is 1. The molecule has 1 heterocycles. The van der Waals surface area contributed by atoms with Gasteiger partial charge in [0.2, 0.25) is 5.91 Å². The average Bonchev–Trinajstić information content (AvgIpc) is 2.96. The quantitative estimate of drug-likeness (QED) is 0.727. The summed E-state index contributed by atoms with van der Waals surface area (Å²) in [6.45, 7) is 0. The predicted octanol–water partition coefficient (Wildman–Crippen LogP) is 3.28. The summed E-state index contributed by atoms with van der Waals surface area (Å²) in [7, 11) is -3.17. The summed E-state index contributed by atoms with van der Waals surface area (Å²) in [6.07, 6.45) is 0.363. The van der Waals surface area contributed by atoms with Crippen molar-refractivity contribution in [1.29, 1.82) is 0 Å². The molecule has 0 bridgehead atoms. The number of amides is 1. The molecule has 1 atom stereocenters. The van der Waals surface area contributed by atoms with Crippen molar-refractivity contribution in [2.75, 3.05) is 22.2 Å². The summed E-state index contributed by atoms with van der Waals surface area (Å²) in [4.78, 5) is 14.3. The van der Waals surface area contributed by atoms with E-state index in [1.807, 2.05) is 0 Å². The fourth-order valence-corrected chi connectivity index (χ4v) is 5.44. The van der Waals surface area contributed by atoms with E-state index in [0.29, 0.717) is 12.1 Å². The first kappa shape index (κ1) is 18.8. The molecule has 0 spiro atoms. The SMILES string of the molecule is O=C(CSc1cc(F)ccc1F)N(c1ccccc1)[C@@H]1CCS(=O)(=O)C1. The first-order valence-electron chi connectivity index (χ1n) is 8.01. The molecule has 8 heteroatoms. The molecule has 3 rings (SSSR count). The third kappa shape index (κ3) is 4.42. The van der Waals surface area contributed by atoms with Gasteiger partial charge in [-0.15, -0.1) is 11.8 Å². The Morgan fingerprint density at radius 3 is 2.54 bits per heavy atom. The third-order valence-electron chi connectivity index (χ3n) is 4.12. The number of sulfone groups is 1. The van der Waals surface area contributed by atoms with Gasteiger partial charge < -0.3 is 4.90 Å². The van der Waals surface area contributed by atoms with E-state index in [1.165, 1.54) is 4.90 Å². The van der Waals surface area contributed by atoms with Crippen molar-refractivity contribution in [2.24, 2.45) is 0 Å². The minimum atomic E-state index is -3.17. The largest absolute Gasteiger partial charge is 0.308 e. The zero-order valence-corrected chi connectivity index (χ0v) is 15.4. The lowest BCUT2D eigenvalue weighted by atomic mass is 10.2. The van der Waals surface area contributed by atoms with Crippen molar-refractivity contribution < 1.29 is 22.0 Å². The molecule has 26 heavy (non-hydrogen) atoms. The number of nitrogens with zero attached hydrogens (tertiary/aromatic N) is 1. The van der Waals surface area contributed by atoms with Crippen LogP contribution in [0.4, 0.5) is 14.5 Å². The molecule has 1 aliphatic heterocycles. The van der Waals surface area contributed by atoms with E-state index >= 15 is 0 Å². The van der Waals surface area contributed by atoms with E-state index in [0.717, 1.165) is 30.0 Å². The summed E-state index contributed by atoms with van der Waals surface area (Å²) < 4.78 is 50.7. The van der Waals surface area contributed by atoms with Gasteiger partial charge in [-0.2, -0.15) is 0 Å². The van der Waals surface area contributed by atoms with Gasteiger partial charge in [-0.25, -0.2) is 17.2 Å². The Morgan fingerprint density at radius 1 is 1.15 bits per heavy atom. The number of halogens is 2. The topological polar surface area (TPSA) is 54.5 Å². The van der Waals surface area contributed by atoms with Crippen LogP contribution in [0.3, 0.4) is 0 Å². The van der Waals surface area contributed by atoms with Crippen LogP contribution in [0.25, 0.3) is 0 Å². The predicted molar refractivity (Wildman–Crippen MR) is 98.1 cm³/mol. The summed E-state index contributed by atoms with van der Waals surface area (Å²) in [5, 5.41) is 0. The van der Waals surface area contributed by atoms with Crippen LogP contribution in [0.1, 0.15) is 6.42 Å². The van der Waals surface area contributed by atoms with Gasteiger partial charge in [0.05, 0.1) is 23.3 Å². The van der Waals surface area contributed by atoms with E-state index < -0.39 is 27.5 Å². The lowest BCUT2D eigenvalue weighted by Crippen LogP contribution is -2.42. The number of hydrogen-bond donors (Lipinski definition) is 0. The second kappa shape index (κ2) is 7.75. The molecule has 0 N–H and O–H groups in total. The normalized spacial score (nSPS) is 18.6. The van der Waals surface area contributed by atoms with Gasteiger partial charge in [0.25, 0.3) is 0 Å². The highest BCUT2D eigenvalue weighted by Crippen LogP contribution is 2.28. The molecule has 0 aliphatic carbocycles. The van der Waals surface area contributed by atoms with Gasteiger partial charge in [0.15, 0.2) is 9.84 Å². The molecule has 0 unspecified atom stereocenters. The van der Waals surface area contributed by atoms with Crippen LogP contribution in [0.2, 0.25) is 0 Å². The van der Waals surface area contributed by atoms with Crippen LogP contribution in [-0.2, 0) is 14.6 Å². The van der Waals surface area contributed by atoms with Crippen molar-refractivity contribution in [3.05, 3.63) is 60.2 Å². The maximum absolute atomic E-state index is 13.8. The Morgan fingerprint density at radius 2 is 1.88 bits per heavy atom. The zero-order chi connectivity index (χ0) is 18.7. The van der Waals surface area contributed by atoms with Crippen LogP contribution in [0.5, 0.6) is 0 Å². The molecule has 0 radical (unpaired) electrons. The van der Waals surface area contributed by atoms with E-state index in [2.05, 4.69) is 0 Å². The number of rotatable bonds is 5. The van der Waals surface area contributed by atoms with Crippen molar-refractivity contribution in [2.45, 2.75) is 17.4 Å². The van der Waals surface area contributed by atoms with Crippen molar-refractivity contribution in [3.63, 3.8) is 0 Å². The lowest BCUT2D eigenvalue weighted by molar-refractivity contribution is -0.116. The molecule has 1 fully saturated rings. The summed E-state index contributed by atoms with van der Waals surface area (Å²) in [5.74, 6) is -1.69.